The zero-order valence-corrected chi connectivity index (χ0v) is 11.2. The van der Waals surface area contributed by atoms with E-state index in [1.165, 1.54) is 6.07 Å². The van der Waals surface area contributed by atoms with Crippen molar-refractivity contribution < 1.29 is 9.13 Å². The van der Waals surface area contributed by atoms with Crippen LogP contribution in [0, 0.1) is 5.82 Å². The molecule has 1 saturated heterocycles. The second-order valence-corrected chi connectivity index (χ2v) is 5.49. The molecule has 1 atom stereocenters. The molecule has 2 rings (SSSR count). The molecule has 1 aliphatic heterocycles. The predicted octanol–water partition coefficient (Wildman–Crippen LogP) is 2.46. The van der Waals surface area contributed by atoms with Gasteiger partial charge in [0.15, 0.2) is 0 Å². The van der Waals surface area contributed by atoms with Gasteiger partial charge in [0.25, 0.3) is 0 Å². The fourth-order valence-corrected chi connectivity index (χ4v) is 2.47. The molecule has 0 spiro atoms. The van der Waals surface area contributed by atoms with E-state index < -0.39 is 0 Å². The lowest BCUT2D eigenvalue weighted by Gasteiger charge is -2.40. The lowest BCUT2D eigenvalue weighted by molar-refractivity contribution is -0.0277. The molecular formula is C14H21FN2O. The minimum Gasteiger partial charge on any atom is -0.372 e. The maximum atomic E-state index is 13.9. The first-order valence-corrected chi connectivity index (χ1v) is 6.33. The van der Waals surface area contributed by atoms with Gasteiger partial charge in [-0.15, -0.1) is 0 Å². The summed E-state index contributed by atoms with van der Waals surface area (Å²) in [5, 5.41) is 0. The average molecular weight is 252 g/mol. The number of nitrogens with two attached hydrogens (primary N) is 1. The van der Waals surface area contributed by atoms with Crippen LogP contribution in [0.1, 0.15) is 32.4 Å². The quantitative estimate of drug-likeness (QED) is 0.878. The summed E-state index contributed by atoms with van der Waals surface area (Å²) < 4.78 is 19.6. The molecule has 0 aromatic heterocycles. The van der Waals surface area contributed by atoms with Crippen LogP contribution in [0.2, 0.25) is 0 Å². The predicted molar refractivity (Wildman–Crippen MR) is 71.2 cm³/mol. The molecule has 0 saturated carbocycles. The Kier molecular flexibility index (Phi) is 3.59. The van der Waals surface area contributed by atoms with Crippen LogP contribution in [0.25, 0.3) is 0 Å². The molecule has 0 radical (unpaired) electrons. The smallest absolute Gasteiger partial charge is 0.130 e. The highest BCUT2D eigenvalue weighted by molar-refractivity contribution is 5.56. The standard InChI is InChI=1S/C14H21FN2O/c1-10(16)13-11(15)5-4-6-12(13)17-7-8-18-14(2,3)9-17/h4-6,10H,7-9,16H2,1-3H3/t10-/m1/s1. The van der Waals surface area contributed by atoms with Crippen LogP contribution in [-0.4, -0.2) is 25.3 Å². The van der Waals surface area contributed by atoms with Crippen molar-refractivity contribution in [1.82, 2.24) is 0 Å². The van der Waals surface area contributed by atoms with E-state index in [2.05, 4.69) is 4.90 Å². The Labute approximate surface area is 108 Å². The van der Waals surface area contributed by atoms with Crippen molar-refractivity contribution in [3.05, 3.63) is 29.6 Å². The number of benzene rings is 1. The second-order valence-electron chi connectivity index (χ2n) is 5.49. The zero-order valence-electron chi connectivity index (χ0n) is 11.2. The van der Waals surface area contributed by atoms with E-state index in [-0.39, 0.29) is 17.5 Å². The summed E-state index contributed by atoms with van der Waals surface area (Å²) in [6.45, 7) is 8.08. The van der Waals surface area contributed by atoms with Crippen molar-refractivity contribution in [3.63, 3.8) is 0 Å². The number of hydrogen-bond acceptors (Lipinski definition) is 3. The minimum absolute atomic E-state index is 0.209. The van der Waals surface area contributed by atoms with Crippen LogP contribution in [0.3, 0.4) is 0 Å². The van der Waals surface area contributed by atoms with Gasteiger partial charge in [-0.25, -0.2) is 4.39 Å². The highest BCUT2D eigenvalue weighted by Crippen LogP contribution is 2.30. The normalized spacial score (nSPS) is 20.8. The summed E-state index contributed by atoms with van der Waals surface area (Å²) in [4.78, 5) is 2.16. The maximum Gasteiger partial charge on any atom is 0.130 e. The van der Waals surface area contributed by atoms with Gasteiger partial charge in [-0.1, -0.05) is 6.07 Å². The molecule has 3 nitrogen and oxygen atoms in total. The largest absolute Gasteiger partial charge is 0.372 e. The van der Waals surface area contributed by atoms with Gasteiger partial charge in [0.1, 0.15) is 5.82 Å². The van der Waals surface area contributed by atoms with E-state index in [0.29, 0.717) is 12.2 Å². The highest BCUT2D eigenvalue weighted by Gasteiger charge is 2.29. The van der Waals surface area contributed by atoms with E-state index in [1.54, 1.807) is 6.07 Å². The van der Waals surface area contributed by atoms with Gasteiger partial charge < -0.3 is 15.4 Å². The van der Waals surface area contributed by atoms with E-state index in [0.717, 1.165) is 18.8 Å². The Hall–Kier alpha value is -1.13. The molecule has 4 heteroatoms. The number of ether oxygens (including phenoxy) is 1. The monoisotopic (exact) mass is 252 g/mol. The molecule has 18 heavy (non-hydrogen) atoms. The molecule has 1 aliphatic rings. The van der Waals surface area contributed by atoms with Crippen LogP contribution < -0.4 is 10.6 Å². The Morgan fingerprint density at radius 2 is 2.17 bits per heavy atom. The molecule has 1 fully saturated rings. The molecule has 100 valence electrons. The minimum atomic E-state index is -0.313. The number of morpholine rings is 1. The summed E-state index contributed by atoms with van der Waals surface area (Å²) >= 11 is 0. The van der Waals surface area contributed by atoms with Crippen LogP contribution in [0.15, 0.2) is 18.2 Å². The van der Waals surface area contributed by atoms with Crippen LogP contribution >= 0.6 is 0 Å². The molecule has 0 unspecified atom stereocenters. The van der Waals surface area contributed by atoms with Crippen LogP contribution in [0.5, 0.6) is 0 Å². The molecule has 1 heterocycles. The van der Waals surface area contributed by atoms with Crippen LogP contribution in [0.4, 0.5) is 10.1 Å². The van der Waals surface area contributed by atoms with E-state index in [9.17, 15) is 4.39 Å². The Balaban J connectivity index is 2.36. The Bertz CT molecular complexity index is 432. The number of hydrogen-bond donors (Lipinski definition) is 1. The molecule has 0 amide bonds. The van der Waals surface area contributed by atoms with Crippen molar-refractivity contribution >= 4 is 5.69 Å². The topological polar surface area (TPSA) is 38.5 Å². The first-order valence-electron chi connectivity index (χ1n) is 6.33. The van der Waals surface area contributed by atoms with Gasteiger partial charge in [-0.2, -0.15) is 0 Å². The number of rotatable bonds is 2. The van der Waals surface area contributed by atoms with Gasteiger partial charge in [0, 0.05) is 30.4 Å². The molecule has 1 aromatic carbocycles. The van der Waals surface area contributed by atoms with Gasteiger partial charge in [-0.05, 0) is 32.9 Å². The summed E-state index contributed by atoms with van der Waals surface area (Å²) in [5.41, 5.74) is 7.17. The first-order chi connectivity index (χ1) is 8.41. The number of nitrogens with zero attached hydrogens (tertiary/aromatic N) is 1. The average Bonchev–Trinajstić information content (AvgIpc) is 2.26. The van der Waals surface area contributed by atoms with E-state index in [1.807, 2.05) is 26.8 Å². The van der Waals surface area contributed by atoms with Gasteiger partial charge in [0.2, 0.25) is 0 Å². The lowest BCUT2D eigenvalue weighted by atomic mass is 10.0. The van der Waals surface area contributed by atoms with E-state index in [4.69, 9.17) is 10.5 Å². The summed E-state index contributed by atoms with van der Waals surface area (Å²) in [6.07, 6.45) is 0. The number of anilines is 1. The Morgan fingerprint density at radius 1 is 1.44 bits per heavy atom. The molecule has 0 bridgehead atoms. The van der Waals surface area contributed by atoms with Crippen molar-refractivity contribution in [2.45, 2.75) is 32.4 Å². The zero-order chi connectivity index (χ0) is 13.3. The molecular weight excluding hydrogens is 231 g/mol. The fourth-order valence-electron chi connectivity index (χ4n) is 2.47. The van der Waals surface area contributed by atoms with Gasteiger partial charge in [0.05, 0.1) is 12.2 Å². The Morgan fingerprint density at radius 3 is 2.78 bits per heavy atom. The van der Waals surface area contributed by atoms with Crippen molar-refractivity contribution in [2.24, 2.45) is 5.73 Å². The van der Waals surface area contributed by atoms with Crippen molar-refractivity contribution in [1.29, 1.82) is 0 Å². The summed E-state index contributed by atoms with van der Waals surface area (Å²) in [6, 6.07) is 4.82. The number of halogens is 1. The second kappa shape index (κ2) is 4.86. The maximum absolute atomic E-state index is 13.9. The SMILES string of the molecule is C[C@@H](N)c1c(F)cccc1N1CCOC(C)(C)C1. The molecule has 0 aliphatic carbocycles. The van der Waals surface area contributed by atoms with Crippen molar-refractivity contribution in [2.75, 3.05) is 24.6 Å². The third-order valence-electron chi connectivity index (χ3n) is 3.25. The van der Waals surface area contributed by atoms with Crippen molar-refractivity contribution in [3.8, 4) is 0 Å². The lowest BCUT2D eigenvalue weighted by Crippen LogP contribution is -2.48. The fraction of sp³-hybridized carbons (Fsp3) is 0.571. The summed E-state index contributed by atoms with van der Waals surface area (Å²) in [5.74, 6) is -0.230. The third kappa shape index (κ3) is 2.65. The van der Waals surface area contributed by atoms with Gasteiger partial charge >= 0.3 is 0 Å². The molecule has 2 N–H and O–H groups in total. The molecule has 1 aromatic rings. The summed E-state index contributed by atoms with van der Waals surface area (Å²) in [7, 11) is 0. The van der Waals surface area contributed by atoms with E-state index >= 15 is 0 Å². The first kappa shape index (κ1) is 13.3. The highest BCUT2D eigenvalue weighted by atomic mass is 19.1. The third-order valence-corrected chi connectivity index (χ3v) is 3.25. The van der Waals surface area contributed by atoms with Gasteiger partial charge in [-0.3, -0.25) is 0 Å². The van der Waals surface area contributed by atoms with Crippen LogP contribution in [-0.2, 0) is 4.74 Å².